The molecule has 3 atom stereocenters. The van der Waals surface area contributed by atoms with Crippen LogP contribution in [0.2, 0.25) is 0 Å². The molecule has 0 bridgehead atoms. The number of aliphatic carboxylic acids is 1. The van der Waals surface area contributed by atoms with Crippen molar-refractivity contribution >= 4 is 5.97 Å². The van der Waals surface area contributed by atoms with E-state index in [4.69, 9.17) is 5.11 Å². The molecule has 2 N–H and O–H groups in total. The number of nitrogens with one attached hydrogen (secondary N) is 1. The van der Waals surface area contributed by atoms with E-state index in [2.05, 4.69) is 29.6 Å². The first-order valence-corrected chi connectivity index (χ1v) is 6.68. The Kier molecular flexibility index (Phi) is 4.37. The molecule has 0 radical (unpaired) electrons. The SMILES string of the molecule is C[C@H](NC1CCC(Cc2ccccc2)C1)C(=O)O. The van der Waals surface area contributed by atoms with E-state index in [1.807, 2.05) is 6.07 Å². The van der Waals surface area contributed by atoms with E-state index in [0.29, 0.717) is 12.0 Å². The lowest BCUT2D eigenvalue weighted by Gasteiger charge is -2.16. The van der Waals surface area contributed by atoms with Crippen molar-refractivity contribution in [2.45, 2.75) is 44.7 Å². The minimum absolute atomic E-state index is 0.366. The second-order valence-corrected chi connectivity index (χ2v) is 5.29. The first kappa shape index (κ1) is 13.1. The molecule has 3 heteroatoms. The van der Waals surface area contributed by atoms with Crippen LogP contribution in [-0.2, 0) is 11.2 Å². The molecule has 0 heterocycles. The molecule has 0 aromatic heterocycles. The molecule has 0 aliphatic heterocycles. The van der Waals surface area contributed by atoms with Crippen LogP contribution in [0.3, 0.4) is 0 Å². The van der Waals surface area contributed by atoms with Crippen molar-refractivity contribution in [3.63, 3.8) is 0 Å². The summed E-state index contributed by atoms with van der Waals surface area (Å²) in [4.78, 5) is 10.8. The van der Waals surface area contributed by atoms with E-state index in [-0.39, 0.29) is 0 Å². The molecule has 0 spiro atoms. The van der Waals surface area contributed by atoms with Crippen LogP contribution >= 0.6 is 0 Å². The minimum atomic E-state index is -0.762. The van der Waals surface area contributed by atoms with Gasteiger partial charge in [0.05, 0.1) is 0 Å². The third-order valence-corrected chi connectivity index (χ3v) is 3.76. The highest BCUT2D eigenvalue weighted by molar-refractivity contribution is 5.72. The summed E-state index contributed by atoms with van der Waals surface area (Å²) >= 11 is 0. The number of hydrogen-bond acceptors (Lipinski definition) is 2. The van der Waals surface area contributed by atoms with Crippen LogP contribution < -0.4 is 5.32 Å². The Labute approximate surface area is 108 Å². The number of benzene rings is 1. The van der Waals surface area contributed by atoms with Crippen molar-refractivity contribution in [3.8, 4) is 0 Å². The van der Waals surface area contributed by atoms with E-state index in [0.717, 1.165) is 19.3 Å². The van der Waals surface area contributed by atoms with Crippen LogP contribution in [0.5, 0.6) is 0 Å². The summed E-state index contributed by atoms with van der Waals surface area (Å²) in [5, 5.41) is 12.1. The van der Waals surface area contributed by atoms with E-state index < -0.39 is 12.0 Å². The Bertz CT molecular complexity index is 391. The molecule has 1 saturated carbocycles. The van der Waals surface area contributed by atoms with Crippen molar-refractivity contribution in [3.05, 3.63) is 35.9 Å². The van der Waals surface area contributed by atoms with Crippen molar-refractivity contribution < 1.29 is 9.90 Å². The predicted octanol–water partition coefficient (Wildman–Crippen LogP) is 2.46. The van der Waals surface area contributed by atoms with Crippen LogP contribution in [0.1, 0.15) is 31.7 Å². The van der Waals surface area contributed by atoms with E-state index in [9.17, 15) is 4.79 Å². The molecule has 3 nitrogen and oxygen atoms in total. The monoisotopic (exact) mass is 247 g/mol. The topological polar surface area (TPSA) is 49.3 Å². The zero-order chi connectivity index (χ0) is 13.0. The fraction of sp³-hybridized carbons (Fsp3) is 0.533. The number of carbonyl (C=O) groups is 1. The normalized spacial score (nSPS) is 24.9. The number of hydrogen-bond donors (Lipinski definition) is 2. The average Bonchev–Trinajstić information content (AvgIpc) is 2.77. The van der Waals surface area contributed by atoms with Gasteiger partial charge in [-0.2, -0.15) is 0 Å². The third kappa shape index (κ3) is 3.57. The van der Waals surface area contributed by atoms with E-state index >= 15 is 0 Å². The summed E-state index contributed by atoms with van der Waals surface area (Å²) in [6.45, 7) is 1.72. The molecule has 1 aliphatic rings. The van der Waals surface area contributed by atoms with Crippen LogP contribution in [0.25, 0.3) is 0 Å². The first-order valence-electron chi connectivity index (χ1n) is 6.68. The van der Waals surface area contributed by atoms with Gasteiger partial charge in [-0.1, -0.05) is 30.3 Å². The van der Waals surface area contributed by atoms with Gasteiger partial charge < -0.3 is 10.4 Å². The molecule has 1 fully saturated rings. The fourth-order valence-corrected chi connectivity index (χ4v) is 2.78. The van der Waals surface area contributed by atoms with Gasteiger partial charge in [0.25, 0.3) is 0 Å². The molecule has 0 saturated heterocycles. The molecule has 1 aromatic rings. The zero-order valence-corrected chi connectivity index (χ0v) is 10.8. The van der Waals surface area contributed by atoms with Gasteiger partial charge in [0.1, 0.15) is 6.04 Å². The molecule has 98 valence electrons. The van der Waals surface area contributed by atoms with Crippen molar-refractivity contribution in [1.82, 2.24) is 5.32 Å². The fourth-order valence-electron chi connectivity index (χ4n) is 2.78. The van der Waals surface area contributed by atoms with Crippen molar-refractivity contribution in [2.75, 3.05) is 0 Å². The van der Waals surface area contributed by atoms with Gasteiger partial charge in [0.2, 0.25) is 0 Å². The number of rotatable bonds is 5. The Hall–Kier alpha value is -1.35. The number of carboxylic acid groups (broad SMARTS) is 1. The highest BCUT2D eigenvalue weighted by atomic mass is 16.4. The summed E-state index contributed by atoms with van der Waals surface area (Å²) in [5.41, 5.74) is 1.38. The van der Waals surface area contributed by atoms with Crippen LogP contribution in [-0.4, -0.2) is 23.2 Å². The van der Waals surface area contributed by atoms with Gasteiger partial charge in [-0.3, -0.25) is 4.79 Å². The van der Waals surface area contributed by atoms with Gasteiger partial charge in [0, 0.05) is 6.04 Å². The lowest BCUT2D eigenvalue weighted by Crippen LogP contribution is -2.40. The molecular weight excluding hydrogens is 226 g/mol. The second-order valence-electron chi connectivity index (χ2n) is 5.29. The van der Waals surface area contributed by atoms with E-state index in [1.165, 1.54) is 12.0 Å². The van der Waals surface area contributed by atoms with Gasteiger partial charge >= 0.3 is 5.97 Å². The third-order valence-electron chi connectivity index (χ3n) is 3.76. The summed E-state index contributed by atoms with van der Waals surface area (Å²) < 4.78 is 0. The van der Waals surface area contributed by atoms with Crippen LogP contribution in [0.15, 0.2) is 30.3 Å². The Morgan fingerprint density at radius 3 is 2.78 bits per heavy atom. The molecule has 1 aliphatic carbocycles. The maximum absolute atomic E-state index is 10.8. The molecule has 2 rings (SSSR count). The first-order chi connectivity index (χ1) is 8.65. The largest absolute Gasteiger partial charge is 0.480 e. The minimum Gasteiger partial charge on any atom is -0.480 e. The van der Waals surface area contributed by atoms with Gasteiger partial charge in [-0.25, -0.2) is 0 Å². The summed E-state index contributed by atoms with van der Waals surface area (Å²) in [6, 6.07) is 10.5. The molecule has 2 unspecified atom stereocenters. The van der Waals surface area contributed by atoms with Gasteiger partial charge in [-0.05, 0) is 44.1 Å². The summed E-state index contributed by atoms with van der Waals surface area (Å²) in [7, 11) is 0. The number of carboxylic acids is 1. The average molecular weight is 247 g/mol. The van der Waals surface area contributed by atoms with Gasteiger partial charge in [0.15, 0.2) is 0 Å². The highest BCUT2D eigenvalue weighted by Gasteiger charge is 2.26. The zero-order valence-electron chi connectivity index (χ0n) is 10.8. The van der Waals surface area contributed by atoms with Crippen LogP contribution in [0.4, 0.5) is 0 Å². The Balaban J connectivity index is 1.80. The second kappa shape index (κ2) is 6.01. The van der Waals surface area contributed by atoms with Crippen LogP contribution in [0, 0.1) is 5.92 Å². The Morgan fingerprint density at radius 1 is 1.39 bits per heavy atom. The standard InChI is InChI=1S/C15H21NO2/c1-11(15(17)18)16-14-8-7-13(10-14)9-12-5-3-2-4-6-12/h2-6,11,13-14,16H,7-10H2,1H3,(H,17,18)/t11-,13?,14?/m0/s1. The molecular formula is C15H21NO2. The molecule has 0 amide bonds. The Morgan fingerprint density at radius 2 is 2.11 bits per heavy atom. The lowest BCUT2D eigenvalue weighted by molar-refractivity contribution is -0.139. The lowest BCUT2D eigenvalue weighted by atomic mass is 9.98. The molecule has 1 aromatic carbocycles. The quantitative estimate of drug-likeness (QED) is 0.840. The summed E-state index contributed by atoms with van der Waals surface area (Å²) in [6.07, 6.45) is 4.49. The van der Waals surface area contributed by atoms with Crippen molar-refractivity contribution in [2.24, 2.45) is 5.92 Å². The summed E-state index contributed by atoms with van der Waals surface area (Å²) in [5.74, 6) is -0.0765. The van der Waals surface area contributed by atoms with Crippen molar-refractivity contribution in [1.29, 1.82) is 0 Å². The van der Waals surface area contributed by atoms with Gasteiger partial charge in [-0.15, -0.1) is 0 Å². The van der Waals surface area contributed by atoms with E-state index in [1.54, 1.807) is 6.92 Å². The molecule has 18 heavy (non-hydrogen) atoms. The smallest absolute Gasteiger partial charge is 0.320 e. The highest BCUT2D eigenvalue weighted by Crippen LogP contribution is 2.28. The maximum Gasteiger partial charge on any atom is 0.320 e. The maximum atomic E-state index is 10.8. The predicted molar refractivity (Wildman–Crippen MR) is 71.5 cm³/mol.